The molecule has 0 aromatic heterocycles. The number of esters is 1. The van der Waals surface area contributed by atoms with Crippen molar-refractivity contribution >= 4 is 11.8 Å². The smallest absolute Gasteiger partial charge is 0.336 e. The van der Waals surface area contributed by atoms with Crippen molar-refractivity contribution < 1.29 is 19.4 Å². The zero-order chi connectivity index (χ0) is 13.8. The third-order valence-corrected chi connectivity index (χ3v) is 4.64. The summed E-state index contributed by atoms with van der Waals surface area (Å²) < 4.78 is 5.19. The lowest BCUT2D eigenvalue weighted by atomic mass is 9.60. The summed E-state index contributed by atoms with van der Waals surface area (Å²) in [5.41, 5.74) is 0.649. The summed E-state index contributed by atoms with van der Waals surface area (Å²) in [6.45, 7) is 4.09. The van der Waals surface area contributed by atoms with Gasteiger partial charge in [0.15, 0.2) is 0 Å². The van der Waals surface area contributed by atoms with E-state index in [9.17, 15) is 14.7 Å². The highest BCUT2D eigenvalue weighted by atomic mass is 16.5. The highest BCUT2D eigenvalue weighted by Gasteiger charge is 2.56. The Kier molecular flexibility index (Phi) is 2.52. The van der Waals surface area contributed by atoms with Crippen molar-refractivity contribution in [2.24, 2.45) is 16.7 Å². The first kappa shape index (κ1) is 12.6. The quantitative estimate of drug-likeness (QED) is 0.764. The SMILES string of the molecule is CC1(C)CC(=O)[C@@H]([C@]23C=CC2=C(CO)C(=O)OC3)C1. The predicted octanol–water partition coefficient (Wildman–Crippen LogP) is 1.39. The Labute approximate surface area is 112 Å². The standard InChI is InChI=1S/C15H18O4/c1-14(2)5-11(12(17)6-14)15-4-3-10(15)9(7-16)13(18)19-8-15/h3-4,11,16H,5-8H2,1-2H3/t11-,15-/m0/s1. The summed E-state index contributed by atoms with van der Waals surface area (Å²) in [5.74, 6) is -0.346. The van der Waals surface area contributed by atoms with Crippen molar-refractivity contribution in [2.75, 3.05) is 13.2 Å². The van der Waals surface area contributed by atoms with Gasteiger partial charge in [0, 0.05) is 12.3 Å². The zero-order valence-corrected chi connectivity index (χ0v) is 11.2. The number of allylic oxidation sites excluding steroid dienone is 1. The van der Waals surface area contributed by atoms with E-state index in [4.69, 9.17) is 4.74 Å². The van der Waals surface area contributed by atoms with E-state index in [1.807, 2.05) is 12.2 Å². The molecule has 1 aliphatic heterocycles. The molecule has 1 N–H and O–H groups in total. The molecule has 2 aliphatic carbocycles. The van der Waals surface area contributed by atoms with Crippen LogP contribution < -0.4 is 0 Å². The van der Waals surface area contributed by atoms with Crippen LogP contribution in [0.2, 0.25) is 0 Å². The number of rotatable bonds is 2. The number of cyclic esters (lactones) is 1. The molecule has 0 aromatic rings. The van der Waals surface area contributed by atoms with Crippen LogP contribution in [-0.4, -0.2) is 30.1 Å². The van der Waals surface area contributed by atoms with Gasteiger partial charge in [-0.2, -0.15) is 0 Å². The first-order valence-electron chi connectivity index (χ1n) is 6.63. The first-order chi connectivity index (χ1) is 8.89. The first-order valence-corrected chi connectivity index (χ1v) is 6.63. The van der Waals surface area contributed by atoms with Crippen molar-refractivity contribution in [3.63, 3.8) is 0 Å². The molecule has 0 spiro atoms. The number of hydrogen-bond acceptors (Lipinski definition) is 4. The van der Waals surface area contributed by atoms with Crippen LogP contribution in [0.5, 0.6) is 0 Å². The van der Waals surface area contributed by atoms with E-state index in [-0.39, 0.29) is 30.3 Å². The van der Waals surface area contributed by atoms with Gasteiger partial charge in [-0.05, 0) is 17.4 Å². The fourth-order valence-electron chi connectivity index (χ4n) is 3.63. The van der Waals surface area contributed by atoms with Crippen LogP contribution in [0.1, 0.15) is 26.7 Å². The fraction of sp³-hybridized carbons (Fsp3) is 0.600. The normalized spacial score (nSPS) is 36.1. The monoisotopic (exact) mass is 262 g/mol. The Hall–Kier alpha value is -1.42. The fourth-order valence-corrected chi connectivity index (χ4v) is 3.63. The van der Waals surface area contributed by atoms with Gasteiger partial charge in [0.05, 0.1) is 17.6 Å². The van der Waals surface area contributed by atoms with Crippen molar-refractivity contribution in [1.29, 1.82) is 0 Å². The molecule has 1 saturated carbocycles. The Morgan fingerprint density at radius 1 is 1.42 bits per heavy atom. The van der Waals surface area contributed by atoms with Crippen LogP contribution in [-0.2, 0) is 14.3 Å². The average Bonchev–Trinajstić information content (AvgIpc) is 2.57. The highest BCUT2D eigenvalue weighted by Crippen LogP contribution is 2.56. The van der Waals surface area contributed by atoms with E-state index in [1.54, 1.807) is 0 Å². The molecule has 0 unspecified atom stereocenters. The highest BCUT2D eigenvalue weighted by molar-refractivity contribution is 5.94. The van der Waals surface area contributed by atoms with Gasteiger partial charge in [-0.3, -0.25) is 4.79 Å². The molecule has 0 radical (unpaired) electrons. The molecule has 0 aromatic carbocycles. The molecule has 3 aliphatic rings. The molecular formula is C15H18O4. The van der Waals surface area contributed by atoms with Gasteiger partial charge in [0.2, 0.25) is 0 Å². The molecule has 0 amide bonds. The van der Waals surface area contributed by atoms with E-state index in [1.165, 1.54) is 0 Å². The minimum atomic E-state index is -0.475. The minimum Gasteiger partial charge on any atom is -0.461 e. The Bertz CT molecular complexity index is 526. The van der Waals surface area contributed by atoms with E-state index >= 15 is 0 Å². The van der Waals surface area contributed by atoms with Crippen LogP contribution in [0.25, 0.3) is 0 Å². The third-order valence-electron chi connectivity index (χ3n) is 4.64. The Morgan fingerprint density at radius 3 is 2.63 bits per heavy atom. The van der Waals surface area contributed by atoms with Crippen molar-refractivity contribution in [3.8, 4) is 0 Å². The molecule has 2 atom stereocenters. The van der Waals surface area contributed by atoms with Crippen LogP contribution in [0, 0.1) is 16.7 Å². The van der Waals surface area contributed by atoms with Crippen molar-refractivity contribution in [3.05, 3.63) is 23.3 Å². The summed E-state index contributed by atoms with van der Waals surface area (Å²) in [5, 5.41) is 9.33. The number of aliphatic hydroxyl groups excluding tert-OH is 1. The largest absolute Gasteiger partial charge is 0.461 e. The maximum Gasteiger partial charge on any atom is 0.336 e. The summed E-state index contributed by atoms with van der Waals surface area (Å²) in [4.78, 5) is 23.9. The van der Waals surface area contributed by atoms with Crippen LogP contribution in [0.3, 0.4) is 0 Å². The topological polar surface area (TPSA) is 63.6 Å². The summed E-state index contributed by atoms with van der Waals surface area (Å²) in [6.07, 6.45) is 5.18. The van der Waals surface area contributed by atoms with Gasteiger partial charge >= 0.3 is 5.97 Å². The molecule has 0 bridgehead atoms. The molecule has 0 saturated heterocycles. The zero-order valence-electron chi connectivity index (χ0n) is 11.2. The van der Waals surface area contributed by atoms with E-state index in [2.05, 4.69) is 13.8 Å². The van der Waals surface area contributed by atoms with Crippen molar-refractivity contribution in [1.82, 2.24) is 0 Å². The summed E-state index contributed by atoms with van der Waals surface area (Å²) in [7, 11) is 0. The number of fused-ring (bicyclic) bond motifs is 1. The minimum absolute atomic E-state index is 0.00583. The van der Waals surface area contributed by atoms with E-state index < -0.39 is 11.4 Å². The molecule has 1 heterocycles. The number of Topliss-reactive ketones (excluding diaryl/α,β-unsaturated/α-hetero) is 1. The molecule has 102 valence electrons. The van der Waals surface area contributed by atoms with Gasteiger partial charge in [0.25, 0.3) is 0 Å². The van der Waals surface area contributed by atoms with Gasteiger partial charge in [-0.1, -0.05) is 26.0 Å². The molecule has 3 rings (SSSR count). The molecule has 4 nitrogen and oxygen atoms in total. The Morgan fingerprint density at radius 2 is 2.16 bits per heavy atom. The molecule has 1 fully saturated rings. The number of ether oxygens (including phenoxy) is 1. The summed E-state index contributed by atoms with van der Waals surface area (Å²) >= 11 is 0. The van der Waals surface area contributed by atoms with E-state index in [0.29, 0.717) is 12.0 Å². The second-order valence-corrected chi connectivity index (χ2v) is 6.56. The van der Waals surface area contributed by atoms with Gasteiger partial charge in [-0.25, -0.2) is 4.79 Å². The van der Waals surface area contributed by atoms with Gasteiger partial charge in [0.1, 0.15) is 12.4 Å². The second kappa shape index (κ2) is 3.79. The van der Waals surface area contributed by atoms with Gasteiger partial charge in [-0.15, -0.1) is 0 Å². The van der Waals surface area contributed by atoms with Crippen LogP contribution >= 0.6 is 0 Å². The van der Waals surface area contributed by atoms with Gasteiger partial charge < -0.3 is 9.84 Å². The van der Waals surface area contributed by atoms with Crippen LogP contribution in [0.4, 0.5) is 0 Å². The summed E-state index contributed by atoms with van der Waals surface area (Å²) in [6, 6.07) is 0. The number of aliphatic hydroxyl groups is 1. The number of ketones is 1. The maximum absolute atomic E-state index is 12.3. The number of carbonyl (C=O) groups is 2. The lowest BCUT2D eigenvalue weighted by molar-refractivity contribution is -0.146. The molecule has 19 heavy (non-hydrogen) atoms. The Balaban J connectivity index is 2.02. The predicted molar refractivity (Wildman–Crippen MR) is 68.2 cm³/mol. The average molecular weight is 262 g/mol. The van der Waals surface area contributed by atoms with Crippen LogP contribution in [0.15, 0.2) is 23.3 Å². The van der Waals surface area contributed by atoms with E-state index in [0.717, 1.165) is 12.0 Å². The third kappa shape index (κ3) is 1.62. The van der Waals surface area contributed by atoms with Crippen molar-refractivity contribution in [2.45, 2.75) is 26.7 Å². The lowest BCUT2D eigenvalue weighted by Gasteiger charge is -2.45. The molecule has 4 heteroatoms. The maximum atomic E-state index is 12.3. The number of hydrogen-bond donors (Lipinski definition) is 1. The molecular weight excluding hydrogens is 244 g/mol. The number of carbonyl (C=O) groups excluding carboxylic acids is 2. The second-order valence-electron chi connectivity index (χ2n) is 6.56. The lowest BCUT2D eigenvalue weighted by Crippen LogP contribution is -2.47.